The van der Waals surface area contributed by atoms with Gasteiger partial charge in [-0.2, -0.15) is 0 Å². The number of carbonyl (C=O) groups excluding carboxylic acids is 2. The minimum Gasteiger partial charge on any atom is -0.374 e. The van der Waals surface area contributed by atoms with Gasteiger partial charge in [-0.05, 0) is 23.7 Å². The normalized spacial score (nSPS) is 13.1. The molecule has 0 atom stereocenters. The highest BCUT2D eigenvalue weighted by Gasteiger charge is 2.35. The third kappa shape index (κ3) is 2.90. The summed E-state index contributed by atoms with van der Waals surface area (Å²) >= 11 is 0. The van der Waals surface area contributed by atoms with Crippen molar-refractivity contribution in [3.63, 3.8) is 0 Å². The Morgan fingerprint density at radius 3 is 2.37 bits per heavy atom. The number of rotatable bonds is 4. The Balaban J connectivity index is 2.24. The van der Waals surface area contributed by atoms with Crippen LogP contribution in [0.15, 0.2) is 53.0 Å². The molecule has 0 aliphatic heterocycles. The molecule has 0 amide bonds. The molecule has 0 unspecified atom stereocenters. The Labute approximate surface area is 152 Å². The van der Waals surface area contributed by atoms with E-state index < -0.39 is 16.5 Å². The number of hydrogen-bond donors (Lipinski definition) is 0. The van der Waals surface area contributed by atoms with Crippen molar-refractivity contribution in [2.75, 3.05) is 14.1 Å². The summed E-state index contributed by atoms with van der Waals surface area (Å²) in [4.78, 5) is 44.4. The van der Waals surface area contributed by atoms with E-state index in [2.05, 4.69) is 15.0 Å². The molecule has 0 N–H and O–H groups in total. The van der Waals surface area contributed by atoms with E-state index in [1.165, 1.54) is 41.4 Å². The van der Waals surface area contributed by atoms with Crippen molar-refractivity contribution in [1.82, 2.24) is 9.88 Å². The van der Waals surface area contributed by atoms with Crippen molar-refractivity contribution < 1.29 is 14.5 Å². The molecule has 1 heterocycles. The van der Waals surface area contributed by atoms with E-state index in [1.54, 1.807) is 14.1 Å². The largest absolute Gasteiger partial charge is 0.374 e. The fourth-order valence-corrected chi connectivity index (χ4v) is 2.85. The van der Waals surface area contributed by atoms with Crippen LogP contribution in [0, 0.1) is 10.1 Å². The minimum atomic E-state index is -0.632. The lowest BCUT2D eigenvalue weighted by Crippen LogP contribution is -2.30. The van der Waals surface area contributed by atoms with Crippen molar-refractivity contribution in [3.05, 3.63) is 79.6 Å². The van der Waals surface area contributed by atoms with Gasteiger partial charge in [0.15, 0.2) is 0 Å². The van der Waals surface area contributed by atoms with Crippen LogP contribution in [0.2, 0.25) is 0 Å². The van der Waals surface area contributed by atoms with Crippen LogP contribution in [0.1, 0.15) is 20.7 Å². The van der Waals surface area contributed by atoms with E-state index in [-0.39, 0.29) is 33.9 Å². The molecule has 1 aromatic heterocycles. The summed E-state index contributed by atoms with van der Waals surface area (Å²) in [7, 11) is 3.13. The summed E-state index contributed by atoms with van der Waals surface area (Å²) in [6, 6.07) is 6.86. The van der Waals surface area contributed by atoms with Crippen LogP contribution in [0.3, 0.4) is 0 Å². The molecule has 134 valence electrons. The van der Waals surface area contributed by atoms with Crippen molar-refractivity contribution in [3.8, 4) is 11.3 Å². The zero-order valence-electron chi connectivity index (χ0n) is 14.3. The highest BCUT2D eigenvalue weighted by Crippen LogP contribution is 2.34. The van der Waals surface area contributed by atoms with Gasteiger partial charge >= 0.3 is 0 Å². The lowest BCUT2D eigenvalue weighted by molar-refractivity contribution is -0.384. The molecular weight excluding hydrogens is 352 g/mol. The van der Waals surface area contributed by atoms with Crippen molar-refractivity contribution in [2.24, 2.45) is 5.11 Å². The van der Waals surface area contributed by atoms with Crippen molar-refractivity contribution in [2.45, 2.75) is 0 Å². The zero-order valence-corrected chi connectivity index (χ0v) is 14.3. The van der Waals surface area contributed by atoms with Crippen LogP contribution >= 0.6 is 0 Å². The first-order valence-electron chi connectivity index (χ1n) is 7.66. The second kappa shape index (κ2) is 6.70. The average Bonchev–Trinajstić information content (AvgIpc) is 2.65. The van der Waals surface area contributed by atoms with Crippen molar-refractivity contribution in [1.29, 1.82) is 0 Å². The highest BCUT2D eigenvalue weighted by molar-refractivity contribution is 6.28. The summed E-state index contributed by atoms with van der Waals surface area (Å²) in [6.45, 7) is 0. The van der Waals surface area contributed by atoms with Crippen LogP contribution in [0.4, 0.5) is 5.69 Å². The highest BCUT2D eigenvalue weighted by atomic mass is 16.6. The number of carbonyl (C=O) groups is 2. The monoisotopic (exact) mass is 364 g/mol. The second-order valence-electron chi connectivity index (χ2n) is 5.83. The number of ketones is 2. The number of hydrogen-bond acceptors (Lipinski definition) is 7. The molecule has 3 rings (SSSR count). The smallest absolute Gasteiger partial charge is 0.269 e. The van der Waals surface area contributed by atoms with Gasteiger partial charge in [0.1, 0.15) is 5.70 Å². The first kappa shape index (κ1) is 17.8. The number of nitrogens with zero attached hydrogens (tertiary/aromatic N) is 6. The Bertz CT molecular complexity index is 1070. The molecule has 1 aliphatic carbocycles. The van der Waals surface area contributed by atoms with Crippen LogP contribution in [-0.2, 0) is 0 Å². The fraction of sp³-hybridized carbons (Fsp3) is 0.118. The summed E-state index contributed by atoms with van der Waals surface area (Å²) < 4.78 is 0. The van der Waals surface area contributed by atoms with Gasteiger partial charge in [0.05, 0.1) is 21.9 Å². The Kier molecular flexibility index (Phi) is 4.41. The molecule has 0 saturated heterocycles. The molecule has 27 heavy (non-hydrogen) atoms. The molecule has 1 aliphatic rings. The molecule has 0 radical (unpaired) electrons. The maximum absolute atomic E-state index is 13.0. The molecular formula is C17H12N6O4. The lowest BCUT2D eigenvalue weighted by Gasteiger charge is -2.24. The molecule has 0 spiro atoms. The number of nitro groups is 1. The van der Waals surface area contributed by atoms with Gasteiger partial charge in [-0.15, -0.1) is 0 Å². The summed E-state index contributed by atoms with van der Waals surface area (Å²) in [5.74, 6) is -1.10. The number of non-ortho nitro benzene ring substituents is 1. The molecule has 1 aromatic carbocycles. The molecule has 10 heteroatoms. The van der Waals surface area contributed by atoms with Crippen molar-refractivity contribution >= 4 is 17.3 Å². The number of pyridine rings is 1. The molecule has 2 aromatic rings. The maximum Gasteiger partial charge on any atom is 0.269 e. The van der Waals surface area contributed by atoms with Gasteiger partial charge in [-0.3, -0.25) is 24.7 Å². The van der Waals surface area contributed by atoms with E-state index in [1.807, 2.05) is 0 Å². The number of Topliss-reactive ketones (excluding diaryl/α,β-unsaturated/α-hetero) is 2. The van der Waals surface area contributed by atoms with Crippen LogP contribution in [0.5, 0.6) is 0 Å². The molecule has 0 bridgehead atoms. The number of nitro benzene ring substituents is 1. The lowest BCUT2D eigenvalue weighted by atomic mass is 9.87. The van der Waals surface area contributed by atoms with Gasteiger partial charge in [0.2, 0.25) is 11.6 Å². The molecule has 10 nitrogen and oxygen atoms in total. The fourth-order valence-electron chi connectivity index (χ4n) is 2.85. The van der Waals surface area contributed by atoms with E-state index >= 15 is 0 Å². The van der Waals surface area contributed by atoms with Gasteiger partial charge in [-0.1, -0.05) is 5.11 Å². The average molecular weight is 364 g/mol. The topological polar surface area (TPSA) is 142 Å². The number of aromatic nitrogens is 1. The number of fused-ring (bicyclic) bond motifs is 1. The number of allylic oxidation sites excluding steroid dienone is 2. The predicted molar refractivity (Wildman–Crippen MR) is 94.8 cm³/mol. The van der Waals surface area contributed by atoms with E-state index in [4.69, 9.17) is 5.53 Å². The molecule has 0 saturated carbocycles. The quantitative estimate of drug-likeness (QED) is 0.268. The van der Waals surface area contributed by atoms with Crippen LogP contribution in [-0.4, -0.2) is 40.5 Å². The Hall–Kier alpha value is -4.04. The standard InChI is InChI=1S/C17H12N6O4/c1-22(2)15-14(20-21-18)17(25)12-11(16(15)24)7-8-19-13(12)9-3-5-10(6-4-9)23(26)27/h3-8H,1-2H3. The van der Waals surface area contributed by atoms with E-state index in [9.17, 15) is 19.7 Å². The number of benzene rings is 1. The number of azide groups is 1. The minimum absolute atomic E-state index is 0.00403. The van der Waals surface area contributed by atoms with Gasteiger partial charge in [0, 0.05) is 48.5 Å². The first-order chi connectivity index (χ1) is 12.9. The third-order valence-electron chi connectivity index (χ3n) is 4.02. The van der Waals surface area contributed by atoms with Gasteiger partial charge in [-0.25, -0.2) is 0 Å². The van der Waals surface area contributed by atoms with Gasteiger partial charge in [0.25, 0.3) is 5.69 Å². The summed E-state index contributed by atoms with van der Waals surface area (Å²) in [6.07, 6.45) is 1.38. The van der Waals surface area contributed by atoms with Crippen LogP contribution in [0.25, 0.3) is 21.7 Å². The number of likely N-dealkylation sites (N-methyl/N-ethyl adjacent to an activating group) is 1. The van der Waals surface area contributed by atoms with Crippen LogP contribution < -0.4 is 0 Å². The SMILES string of the molecule is CN(C)C1=C(N=[N+]=[N-])C(=O)c2c(ccnc2-c2ccc([N+](=O)[O-])cc2)C1=O. The Morgan fingerprint density at radius 2 is 1.81 bits per heavy atom. The van der Waals surface area contributed by atoms with E-state index in [0.29, 0.717) is 5.56 Å². The zero-order chi connectivity index (χ0) is 19.7. The first-order valence-corrected chi connectivity index (χ1v) is 7.66. The van der Waals surface area contributed by atoms with Gasteiger partial charge < -0.3 is 4.90 Å². The summed E-state index contributed by atoms with van der Waals surface area (Å²) in [5.41, 5.74) is 9.11. The predicted octanol–water partition coefficient (Wildman–Crippen LogP) is 3.12. The van der Waals surface area contributed by atoms with E-state index in [0.717, 1.165) is 0 Å². The molecule has 0 fully saturated rings. The Morgan fingerprint density at radius 1 is 1.15 bits per heavy atom. The summed E-state index contributed by atoms with van der Waals surface area (Å²) in [5, 5.41) is 14.2. The maximum atomic E-state index is 13.0. The second-order valence-corrected chi connectivity index (χ2v) is 5.83. The third-order valence-corrected chi connectivity index (χ3v) is 4.02.